The van der Waals surface area contributed by atoms with Gasteiger partial charge in [0.25, 0.3) is 0 Å². The van der Waals surface area contributed by atoms with Crippen molar-refractivity contribution in [3.05, 3.63) is 34.6 Å². The highest BCUT2D eigenvalue weighted by molar-refractivity contribution is 7.97. The molecule has 110 valence electrons. The van der Waals surface area contributed by atoms with E-state index in [-0.39, 0.29) is 17.8 Å². The topological polar surface area (TPSA) is 32.3 Å². The van der Waals surface area contributed by atoms with E-state index in [4.69, 9.17) is 11.6 Å². The lowest BCUT2D eigenvalue weighted by Crippen LogP contribution is -2.43. The molecule has 1 aliphatic rings. The number of hydrogen-bond donors (Lipinski definition) is 1. The number of carbonyl (C=O) groups is 1. The lowest BCUT2D eigenvalue weighted by atomic mass is 10.1. The third-order valence-electron chi connectivity index (χ3n) is 3.22. The van der Waals surface area contributed by atoms with E-state index in [1.54, 1.807) is 18.0 Å². The summed E-state index contributed by atoms with van der Waals surface area (Å²) in [5, 5.41) is 3.22. The Balaban J connectivity index is 1.95. The zero-order valence-corrected chi connectivity index (χ0v) is 13.1. The fourth-order valence-corrected chi connectivity index (χ4v) is 3.66. The second-order valence-electron chi connectivity index (χ2n) is 5.04. The molecule has 1 fully saturated rings. The van der Waals surface area contributed by atoms with Crippen LogP contribution >= 0.6 is 23.5 Å². The zero-order valence-electron chi connectivity index (χ0n) is 11.5. The highest BCUT2D eigenvalue weighted by Crippen LogP contribution is 2.29. The van der Waals surface area contributed by atoms with Gasteiger partial charge in [-0.15, -0.1) is 0 Å². The Labute approximate surface area is 128 Å². The number of benzene rings is 1. The van der Waals surface area contributed by atoms with Crippen molar-refractivity contribution < 1.29 is 9.18 Å². The standard InChI is InChI=1S/C14H18ClFN2OS/c1-9(2)18-13(5-6-20-18)14(19)17-8-10-3-4-11(16)7-12(10)15/h3-4,7,9,13H,5-6,8H2,1-2H3,(H,17,19). The molecule has 0 saturated carbocycles. The largest absolute Gasteiger partial charge is 0.351 e. The molecule has 1 unspecified atom stereocenters. The lowest BCUT2D eigenvalue weighted by Gasteiger charge is -2.25. The fourth-order valence-electron chi connectivity index (χ4n) is 2.21. The third-order valence-corrected chi connectivity index (χ3v) is 4.96. The zero-order chi connectivity index (χ0) is 14.7. The molecule has 1 aliphatic heterocycles. The summed E-state index contributed by atoms with van der Waals surface area (Å²) in [5.41, 5.74) is 0.725. The van der Waals surface area contributed by atoms with Gasteiger partial charge in [-0.3, -0.25) is 4.79 Å². The van der Waals surface area contributed by atoms with Gasteiger partial charge in [0, 0.05) is 23.4 Å². The van der Waals surface area contributed by atoms with Crippen molar-refractivity contribution in [1.82, 2.24) is 9.62 Å². The van der Waals surface area contributed by atoms with Crippen LogP contribution in [0.25, 0.3) is 0 Å². The summed E-state index contributed by atoms with van der Waals surface area (Å²) in [7, 11) is 0. The maximum atomic E-state index is 13.0. The predicted molar refractivity (Wildman–Crippen MR) is 81.1 cm³/mol. The van der Waals surface area contributed by atoms with Gasteiger partial charge in [0.2, 0.25) is 5.91 Å². The second kappa shape index (κ2) is 6.78. The number of carbonyl (C=O) groups excluding carboxylic acids is 1. The molecule has 0 radical (unpaired) electrons. The van der Waals surface area contributed by atoms with E-state index in [0.29, 0.717) is 17.6 Å². The number of nitrogens with zero attached hydrogens (tertiary/aromatic N) is 1. The van der Waals surface area contributed by atoms with Crippen molar-refractivity contribution in [2.24, 2.45) is 0 Å². The predicted octanol–water partition coefficient (Wildman–Crippen LogP) is 3.23. The molecular formula is C14H18ClFN2OS. The van der Waals surface area contributed by atoms with Crippen molar-refractivity contribution in [2.75, 3.05) is 5.75 Å². The Morgan fingerprint density at radius 2 is 2.35 bits per heavy atom. The molecule has 1 saturated heterocycles. The van der Waals surface area contributed by atoms with Crippen LogP contribution in [-0.4, -0.2) is 28.0 Å². The van der Waals surface area contributed by atoms with Gasteiger partial charge in [-0.2, -0.15) is 0 Å². The second-order valence-corrected chi connectivity index (χ2v) is 6.54. The van der Waals surface area contributed by atoms with Crippen molar-refractivity contribution in [3.8, 4) is 0 Å². The van der Waals surface area contributed by atoms with Crippen molar-refractivity contribution >= 4 is 29.5 Å². The molecule has 6 heteroatoms. The molecule has 1 aromatic rings. The van der Waals surface area contributed by atoms with Crippen molar-refractivity contribution in [3.63, 3.8) is 0 Å². The van der Waals surface area contributed by atoms with E-state index < -0.39 is 0 Å². The van der Waals surface area contributed by atoms with Crippen LogP contribution in [-0.2, 0) is 11.3 Å². The fraction of sp³-hybridized carbons (Fsp3) is 0.500. The summed E-state index contributed by atoms with van der Waals surface area (Å²) in [4.78, 5) is 12.2. The van der Waals surface area contributed by atoms with Gasteiger partial charge in [0.1, 0.15) is 11.9 Å². The van der Waals surface area contributed by atoms with E-state index in [0.717, 1.165) is 17.7 Å². The van der Waals surface area contributed by atoms with Crippen LogP contribution in [0.2, 0.25) is 5.02 Å². The first-order valence-electron chi connectivity index (χ1n) is 6.62. The highest BCUT2D eigenvalue weighted by Gasteiger charge is 2.32. The molecule has 0 spiro atoms. The van der Waals surface area contributed by atoms with E-state index in [1.165, 1.54) is 12.1 Å². The van der Waals surface area contributed by atoms with Crippen LogP contribution in [0.15, 0.2) is 18.2 Å². The minimum absolute atomic E-state index is 0.00379. The van der Waals surface area contributed by atoms with E-state index in [2.05, 4.69) is 23.5 Å². The van der Waals surface area contributed by atoms with Gasteiger partial charge in [0.05, 0.1) is 0 Å². The van der Waals surface area contributed by atoms with E-state index in [1.807, 2.05) is 0 Å². The summed E-state index contributed by atoms with van der Waals surface area (Å²) in [6.45, 7) is 4.48. The minimum Gasteiger partial charge on any atom is -0.351 e. The maximum absolute atomic E-state index is 13.0. The highest BCUT2D eigenvalue weighted by atomic mass is 35.5. The van der Waals surface area contributed by atoms with Crippen molar-refractivity contribution in [1.29, 1.82) is 0 Å². The molecule has 3 nitrogen and oxygen atoms in total. The molecule has 1 atom stereocenters. The first-order chi connectivity index (χ1) is 9.49. The average molecular weight is 317 g/mol. The van der Waals surface area contributed by atoms with Gasteiger partial charge in [-0.05, 0) is 38.0 Å². The number of rotatable bonds is 4. The van der Waals surface area contributed by atoms with Gasteiger partial charge in [-0.1, -0.05) is 29.6 Å². The van der Waals surface area contributed by atoms with Crippen LogP contribution < -0.4 is 5.32 Å². The molecule has 0 aromatic heterocycles. The smallest absolute Gasteiger partial charge is 0.238 e. The van der Waals surface area contributed by atoms with E-state index in [9.17, 15) is 9.18 Å². The summed E-state index contributed by atoms with van der Waals surface area (Å²) >= 11 is 7.66. The molecular weight excluding hydrogens is 299 g/mol. The maximum Gasteiger partial charge on any atom is 0.238 e. The lowest BCUT2D eigenvalue weighted by molar-refractivity contribution is -0.125. The number of nitrogens with one attached hydrogen (secondary N) is 1. The van der Waals surface area contributed by atoms with E-state index >= 15 is 0 Å². The Bertz CT molecular complexity index is 498. The van der Waals surface area contributed by atoms with Gasteiger partial charge in [-0.25, -0.2) is 8.70 Å². The average Bonchev–Trinajstić information content (AvgIpc) is 2.86. The first kappa shape index (κ1) is 15.6. The summed E-state index contributed by atoms with van der Waals surface area (Å²) in [6, 6.07) is 4.43. The molecule has 1 N–H and O–H groups in total. The van der Waals surface area contributed by atoms with Crippen LogP contribution in [0, 0.1) is 5.82 Å². The number of amides is 1. The number of halogens is 2. The van der Waals surface area contributed by atoms with Crippen LogP contribution in [0.3, 0.4) is 0 Å². The number of hydrogen-bond acceptors (Lipinski definition) is 3. The van der Waals surface area contributed by atoms with Crippen molar-refractivity contribution in [2.45, 2.75) is 38.9 Å². The molecule has 0 aliphatic carbocycles. The normalized spacial score (nSPS) is 19.6. The van der Waals surface area contributed by atoms with Gasteiger partial charge < -0.3 is 5.32 Å². The molecule has 1 heterocycles. The van der Waals surface area contributed by atoms with Crippen LogP contribution in [0.4, 0.5) is 4.39 Å². The molecule has 0 bridgehead atoms. The summed E-state index contributed by atoms with van der Waals surface area (Å²) < 4.78 is 15.1. The third kappa shape index (κ3) is 3.65. The Morgan fingerprint density at radius 3 is 3.00 bits per heavy atom. The Morgan fingerprint density at radius 1 is 1.60 bits per heavy atom. The molecule has 2 rings (SSSR count). The first-order valence-corrected chi connectivity index (χ1v) is 7.94. The summed E-state index contributed by atoms with van der Waals surface area (Å²) in [5.74, 6) is 0.598. The Kier molecular flexibility index (Phi) is 5.29. The minimum atomic E-state index is -0.372. The summed E-state index contributed by atoms with van der Waals surface area (Å²) in [6.07, 6.45) is 0.853. The van der Waals surface area contributed by atoms with Crippen LogP contribution in [0.5, 0.6) is 0 Å². The Hall–Kier alpha value is -0.780. The SMILES string of the molecule is CC(C)N1SCCC1C(=O)NCc1ccc(F)cc1Cl. The molecule has 20 heavy (non-hydrogen) atoms. The molecule has 1 amide bonds. The quantitative estimate of drug-likeness (QED) is 0.866. The monoisotopic (exact) mass is 316 g/mol. The van der Waals surface area contributed by atoms with Crippen LogP contribution in [0.1, 0.15) is 25.8 Å². The van der Waals surface area contributed by atoms with Gasteiger partial charge in [0.15, 0.2) is 0 Å². The molecule has 1 aromatic carbocycles. The van der Waals surface area contributed by atoms with Gasteiger partial charge >= 0.3 is 0 Å².